The molecule has 0 bridgehead atoms. The summed E-state index contributed by atoms with van der Waals surface area (Å²) < 4.78 is 0. The van der Waals surface area contributed by atoms with E-state index < -0.39 is 0 Å². The Morgan fingerprint density at radius 1 is 0.733 bits per heavy atom. The summed E-state index contributed by atoms with van der Waals surface area (Å²) in [5.74, 6) is 0.677. The van der Waals surface area contributed by atoms with E-state index in [1.807, 2.05) is 42.5 Å². The monoisotopic (exact) mass is 390 g/mol. The zero-order valence-corrected chi connectivity index (χ0v) is 15.6. The van der Waals surface area contributed by atoms with Crippen molar-refractivity contribution in [3.8, 4) is 34.2 Å². The zero-order valence-electron chi connectivity index (χ0n) is 15.6. The molecule has 0 atom stereocenters. The van der Waals surface area contributed by atoms with Crippen molar-refractivity contribution in [3.63, 3.8) is 0 Å². The van der Waals surface area contributed by atoms with Crippen LogP contribution in [0.25, 0.3) is 56.1 Å². The maximum atomic E-state index is 4.86. The van der Waals surface area contributed by atoms with Crippen LogP contribution in [0, 0.1) is 0 Å². The van der Waals surface area contributed by atoms with Gasteiger partial charge in [-0.25, -0.2) is 4.98 Å². The Hall–Kier alpha value is -4.46. The molecule has 0 unspecified atom stereocenters. The van der Waals surface area contributed by atoms with Crippen LogP contribution >= 0.6 is 0 Å². The maximum Gasteiger partial charge on any atom is 0.159 e. The normalized spacial score (nSPS) is 11.3. The van der Waals surface area contributed by atoms with E-state index in [0.29, 0.717) is 11.5 Å². The highest BCUT2D eigenvalue weighted by molar-refractivity contribution is 5.97. The summed E-state index contributed by atoms with van der Waals surface area (Å²) in [6, 6.07) is 13.8. The topological polar surface area (TPSA) is 109 Å². The van der Waals surface area contributed by atoms with E-state index in [1.165, 1.54) is 0 Å². The minimum Gasteiger partial charge on any atom is -0.337 e. The molecule has 0 fully saturated rings. The molecular formula is C22H14N8. The van der Waals surface area contributed by atoms with Gasteiger partial charge in [0, 0.05) is 29.5 Å². The second-order valence-electron chi connectivity index (χ2n) is 6.78. The number of para-hydroxylation sites is 1. The number of aromatic amines is 2. The van der Waals surface area contributed by atoms with Crippen molar-refractivity contribution in [2.45, 2.75) is 0 Å². The van der Waals surface area contributed by atoms with Crippen LogP contribution in [0.15, 0.2) is 73.4 Å². The number of imidazole rings is 1. The second kappa shape index (κ2) is 6.56. The third-order valence-electron chi connectivity index (χ3n) is 4.95. The summed E-state index contributed by atoms with van der Waals surface area (Å²) in [7, 11) is 0. The molecular weight excluding hydrogens is 376 g/mol. The van der Waals surface area contributed by atoms with Gasteiger partial charge < -0.3 is 4.98 Å². The highest BCUT2D eigenvalue weighted by Crippen LogP contribution is 2.31. The number of hydrogen-bond acceptors (Lipinski definition) is 6. The third kappa shape index (κ3) is 2.62. The Bertz CT molecular complexity index is 1490. The van der Waals surface area contributed by atoms with E-state index in [-0.39, 0.29) is 0 Å². The fourth-order valence-corrected chi connectivity index (χ4v) is 3.54. The number of aromatic nitrogens is 8. The van der Waals surface area contributed by atoms with Gasteiger partial charge >= 0.3 is 0 Å². The largest absolute Gasteiger partial charge is 0.337 e. The first-order chi connectivity index (χ1) is 14.9. The van der Waals surface area contributed by atoms with Crippen LogP contribution in [0.2, 0.25) is 0 Å². The molecule has 5 heterocycles. The first-order valence-corrected chi connectivity index (χ1v) is 9.38. The summed E-state index contributed by atoms with van der Waals surface area (Å²) in [6.07, 6.45) is 8.50. The molecule has 8 heteroatoms. The van der Waals surface area contributed by atoms with Crippen molar-refractivity contribution in [1.29, 1.82) is 0 Å². The first-order valence-electron chi connectivity index (χ1n) is 9.38. The van der Waals surface area contributed by atoms with Gasteiger partial charge in [0.25, 0.3) is 0 Å². The lowest BCUT2D eigenvalue weighted by Crippen LogP contribution is -1.88. The summed E-state index contributed by atoms with van der Waals surface area (Å²) in [5, 5.41) is 8.43. The average Bonchev–Trinajstić information content (AvgIpc) is 3.43. The Morgan fingerprint density at radius 2 is 1.70 bits per heavy atom. The molecule has 6 rings (SSSR count). The molecule has 5 aromatic heterocycles. The van der Waals surface area contributed by atoms with Gasteiger partial charge in [-0.1, -0.05) is 18.2 Å². The molecule has 2 N–H and O–H groups in total. The van der Waals surface area contributed by atoms with Crippen molar-refractivity contribution in [3.05, 3.63) is 73.4 Å². The van der Waals surface area contributed by atoms with E-state index in [2.05, 4.69) is 35.1 Å². The molecule has 6 aromatic rings. The number of H-pyrrole nitrogens is 2. The summed E-state index contributed by atoms with van der Waals surface area (Å²) >= 11 is 0. The van der Waals surface area contributed by atoms with Gasteiger partial charge in [0.05, 0.1) is 40.3 Å². The summed E-state index contributed by atoms with van der Waals surface area (Å²) in [4.78, 5) is 25.6. The average molecular weight is 390 g/mol. The standard InChI is InChI=1S/C22H14N8/c1-2-7-24-15(5-1)13-4-3-6-16-20(13)28-22(27-16)21-14-10-17(19-11-23-8-9-25-19)26-12-18(14)29-30-21/h1-12H,(H,27,28)(H,29,30). The number of pyridine rings is 2. The Morgan fingerprint density at radius 3 is 2.57 bits per heavy atom. The number of hydrogen-bond donors (Lipinski definition) is 2. The number of fused-ring (bicyclic) bond motifs is 2. The number of rotatable bonds is 3. The van der Waals surface area contributed by atoms with Crippen LogP contribution in [0.5, 0.6) is 0 Å². The quantitative estimate of drug-likeness (QED) is 0.472. The summed E-state index contributed by atoms with van der Waals surface area (Å²) in [5.41, 5.74) is 6.60. The molecule has 0 aliphatic rings. The van der Waals surface area contributed by atoms with E-state index in [4.69, 9.17) is 4.98 Å². The molecule has 0 amide bonds. The van der Waals surface area contributed by atoms with E-state index in [9.17, 15) is 0 Å². The summed E-state index contributed by atoms with van der Waals surface area (Å²) in [6.45, 7) is 0. The highest BCUT2D eigenvalue weighted by atomic mass is 15.1. The molecule has 1 aromatic carbocycles. The molecule has 142 valence electrons. The van der Waals surface area contributed by atoms with Crippen LogP contribution in [0.3, 0.4) is 0 Å². The van der Waals surface area contributed by atoms with Gasteiger partial charge in [0.1, 0.15) is 11.4 Å². The SMILES string of the molecule is c1ccc(-c2cccc3[nH]c(-c4n[nH]c5cnc(-c6cnccn6)cc45)nc23)nc1. The maximum absolute atomic E-state index is 4.86. The lowest BCUT2D eigenvalue weighted by molar-refractivity contribution is 1.10. The van der Waals surface area contributed by atoms with Gasteiger partial charge in [-0.05, 0) is 24.3 Å². The molecule has 0 spiro atoms. The number of nitrogens with one attached hydrogen (secondary N) is 2. The zero-order chi connectivity index (χ0) is 19.9. The minimum atomic E-state index is 0.677. The predicted octanol–water partition coefficient (Wildman–Crippen LogP) is 4.02. The van der Waals surface area contributed by atoms with Crippen LogP contribution in [0.4, 0.5) is 0 Å². The van der Waals surface area contributed by atoms with Crippen molar-refractivity contribution in [1.82, 2.24) is 40.1 Å². The van der Waals surface area contributed by atoms with Crippen molar-refractivity contribution in [2.24, 2.45) is 0 Å². The van der Waals surface area contributed by atoms with Gasteiger partial charge in [-0.3, -0.25) is 25.0 Å². The first kappa shape index (κ1) is 16.5. The van der Waals surface area contributed by atoms with Crippen LogP contribution in [-0.2, 0) is 0 Å². The molecule has 0 aliphatic carbocycles. The molecule has 0 radical (unpaired) electrons. The number of benzene rings is 1. The fraction of sp³-hybridized carbons (Fsp3) is 0. The second-order valence-corrected chi connectivity index (χ2v) is 6.78. The lowest BCUT2D eigenvalue weighted by Gasteiger charge is -2.00. The smallest absolute Gasteiger partial charge is 0.159 e. The van der Waals surface area contributed by atoms with Crippen molar-refractivity contribution in [2.75, 3.05) is 0 Å². The van der Waals surface area contributed by atoms with Gasteiger partial charge in [0.15, 0.2) is 5.82 Å². The molecule has 0 saturated heterocycles. The van der Waals surface area contributed by atoms with Gasteiger partial charge in [0.2, 0.25) is 0 Å². The van der Waals surface area contributed by atoms with Crippen molar-refractivity contribution >= 4 is 21.9 Å². The molecule has 8 nitrogen and oxygen atoms in total. The van der Waals surface area contributed by atoms with Crippen LogP contribution < -0.4 is 0 Å². The predicted molar refractivity (Wildman–Crippen MR) is 113 cm³/mol. The lowest BCUT2D eigenvalue weighted by atomic mass is 10.1. The van der Waals surface area contributed by atoms with Crippen LogP contribution in [0.1, 0.15) is 0 Å². The number of nitrogens with zero attached hydrogens (tertiary/aromatic N) is 6. The Balaban J connectivity index is 1.52. The molecule has 30 heavy (non-hydrogen) atoms. The minimum absolute atomic E-state index is 0.677. The third-order valence-corrected chi connectivity index (χ3v) is 4.95. The Kier molecular flexibility index (Phi) is 3.60. The molecule has 0 saturated carbocycles. The van der Waals surface area contributed by atoms with Gasteiger partial charge in [-0.15, -0.1) is 0 Å². The van der Waals surface area contributed by atoms with Gasteiger partial charge in [-0.2, -0.15) is 5.10 Å². The van der Waals surface area contributed by atoms with E-state index in [0.717, 1.165) is 44.6 Å². The van der Waals surface area contributed by atoms with Crippen LogP contribution in [-0.4, -0.2) is 40.1 Å². The fourth-order valence-electron chi connectivity index (χ4n) is 3.54. The van der Waals surface area contributed by atoms with E-state index in [1.54, 1.807) is 31.0 Å². The Labute approximate surface area is 170 Å². The van der Waals surface area contributed by atoms with E-state index >= 15 is 0 Å². The molecule has 0 aliphatic heterocycles. The van der Waals surface area contributed by atoms with Crippen molar-refractivity contribution < 1.29 is 0 Å². The highest BCUT2D eigenvalue weighted by Gasteiger charge is 2.16.